The van der Waals surface area contributed by atoms with Gasteiger partial charge in [-0.25, -0.2) is 0 Å². The zero-order valence-electron chi connectivity index (χ0n) is 16.6. The van der Waals surface area contributed by atoms with Crippen molar-refractivity contribution in [1.82, 2.24) is 9.88 Å². The Balaban J connectivity index is 1.13. The number of benzene rings is 2. The quantitative estimate of drug-likeness (QED) is 0.698. The number of aliphatic hydroxyl groups excluding tert-OH is 1. The first-order valence-corrected chi connectivity index (χ1v) is 10.5. The molecule has 0 unspecified atom stereocenters. The van der Waals surface area contributed by atoms with Gasteiger partial charge < -0.3 is 24.5 Å². The molecular weight excluding hydrogens is 364 g/mol. The van der Waals surface area contributed by atoms with Crippen molar-refractivity contribution in [2.45, 2.75) is 37.6 Å². The average molecular weight is 392 g/mol. The van der Waals surface area contributed by atoms with Crippen LogP contribution in [0.2, 0.25) is 0 Å². The van der Waals surface area contributed by atoms with Crippen molar-refractivity contribution in [3.8, 4) is 5.75 Å². The number of H-pyrrole nitrogens is 1. The molecule has 152 valence electrons. The molecular formula is C24H28N2O3. The number of aliphatic hydroxyl groups is 1. The fraction of sp³-hybridized carbons (Fsp3) is 0.417. The van der Waals surface area contributed by atoms with Crippen LogP contribution in [-0.4, -0.2) is 52.9 Å². The molecule has 2 aliphatic heterocycles. The van der Waals surface area contributed by atoms with Gasteiger partial charge in [0.2, 0.25) is 0 Å². The van der Waals surface area contributed by atoms with E-state index in [0.29, 0.717) is 13.2 Å². The number of likely N-dealkylation sites (tertiary alicyclic amines) is 1. The first-order valence-electron chi connectivity index (χ1n) is 10.5. The summed E-state index contributed by atoms with van der Waals surface area (Å²) in [5, 5.41) is 11.6. The lowest BCUT2D eigenvalue weighted by Crippen LogP contribution is -2.50. The Morgan fingerprint density at radius 3 is 2.76 bits per heavy atom. The molecule has 1 spiro atoms. The Morgan fingerprint density at radius 2 is 1.90 bits per heavy atom. The summed E-state index contributed by atoms with van der Waals surface area (Å²) < 4.78 is 12.2. The van der Waals surface area contributed by atoms with Gasteiger partial charge in [0.05, 0.1) is 12.2 Å². The molecule has 3 heterocycles. The van der Waals surface area contributed by atoms with Gasteiger partial charge in [-0.05, 0) is 42.2 Å². The van der Waals surface area contributed by atoms with Gasteiger partial charge in [0, 0.05) is 43.2 Å². The number of hydrogen-bond acceptors (Lipinski definition) is 4. The lowest BCUT2D eigenvalue weighted by Gasteiger charge is -2.44. The highest BCUT2D eigenvalue weighted by atomic mass is 16.5. The van der Waals surface area contributed by atoms with Crippen molar-refractivity contribution in [2.24, 2.45) is 0 Å². The van der Waals surface area contributed by atoms with Gasteiger partial charge in [0.1, 0.15) is 18.5 Å². The summed E-state index contributed by atoms with van der Waals surface area (Å²) in [5.74, 6) is 0.815. The summed E-state index contributed by atoms with van der Waals surface area (Å²) in [6, 6.07) is 16.6. The molecule has 5 heteroatoms. The minimum absolute atomic E-state index is 0.0315. The topological polar surface area (TPSA) is 57.7 Å². The van der Waals surface area contributed by atoms with Crippen LogP contribution in [-0.2, 0) is 17.8 Å². The molecule has 5 nitrogen and oxygen atoms in total. The number of hydrogen-bond donors (Lipinski definition) is 2. The Morgan fingerprint density at radius 1 is 1.07 bits per heavy atom. The van der Waals surface area contributed by atoms with E-state index < -0.39 is 6.10 Å². The SMILES string of the molecule is O[C@H](COc1cccc2[nH]ccc12)CN1CCC2(CC1)Cc1ccccc1CO2. The number of rotatable bonds is 5. The number of fused-ring (bicyclic) bond motifs is 2. The minimum atomic E-state index is -0.508. The molecule has 3 aromatic rings. The molecule has 2 aliphatic rings. The van der Waals surface area contributed by atoms with E-state index in [2.05, 4.69) is 34.1 Å². The van der Waals surface area contributed by atoms with E-state index in [-0.39, 0.29) is 5.60 Å². The predicted molar refractivity (Wildman–Crippen MR) is 113 cm³/mol. The van der Waals surface area contributed by atoms with Gasteiger partial charge >= 0.3 is 0 Å². The zero-order chi connectivity index (χ0) is 19.7. The molecule has 1 fully saturated rings. The molecule has 0 amide bonds. The van der Waals surface area contributed by atoms with Crippen molar-refractivity contribution in [3.05, 3.63) is 65.9 Å². The second-order valence-corrected chi connectivity index (χ2v) is 8.38. The number of aromatic nitrogens is 1. The van der Waals surface area contributed by atoms with Gasteiger partial charge in [0.25, 0.3) is 0 Å². The maximum absolute atomic E-state index is 10.5. The molecule has 0 saturated carbocycles. The second kappa shape index (κ2) is 7.82. The van der Waals surface area contributed by atoms with Gasteiger partial charge in [-0.1, -0.05) is 30.3 Å². The molecule has 1 atom stereocenters. The van der Waals surface area contributed by atoms with Crippen molar-refractivity contribution < 1.29 is 14.6 Å². The molecule has 2 N–H and O–H groups in total. The summed E-state index contributed by atoms with van der Waals surface area (Å²) in [6.45, 7) is 3.56. The molecule has 29 heavy (non-hydrogen) atoms. The van der Waals surface area contributed by atoms with E-state index in [9.17, 15) is 5.11 Å². The zero-order valence-corrected chi connectivity index (χ0v) is 16.6. The maximum atomic E-state index is 10.5. The van der Waals surface area contributed by atoms with Crippen LogP contribution in [0.15, 0.2) is 54.7 Å². The lowest BCUT2D eigenvalue weighted by molar-refractivity contribution is -0.105. The highest BCUT2D eigenvalue weighted by Crippen LogP contribution is 2.36. The van der Waals surface area contributed by atoms with Crippen molar-refractivity contribution >= 4 is 10.9 Å². The number of ether oxygens (including phenoxy) is 2. The smallest absolute Gasteiger partial charge is 0.128 e. The monoisotopic (exact) mass is 392 g/mol. The van der Waals surface area contributed by atoms with E-state index >= 15 is 0 Å². The fourth-order valence-electron chi connectivity index (χ4n) is 4.68. The van der Waals surface area contributed by atoms with Crippen LogP contribution in [0.3, 0.4) is 0 Å². The number of nitrogens with zero attached hydrogens (tertiary/aromatic N) is 1. The Labute approximate surface area is 171 Å². The Bertz CT molecular complexity index is 975. The molecule has 2 aromatic carbocycles. The van der Waals surface area contributed by atoms with Crippen molar-refractivity contribution in [3.63, 3.8) is 0 Å². The van der Waals surface area contributed by atoms with Crippen molar-refractivity contribution in [1.29, 1.82) is 0 Å². The molecule has 0 aliphatic carbocycles. The largest absolute Gasteiger partial charge is 0.490 e. The average Bonchev–Trinajstić information content (AvgIpc) is 3.23. The third-order valence-electron chi connectivity index (χ3n) is 6.39. The van der Waals surface area contributed by atoms with Crippen LogP contribution in [0.4, 0.5) is 0 Å². The number of piperidine rings is 1. The standard InChI is InChI=1S/C24H28N2O3/c27-20(17-28-23-7-3-6-22-21(23)8-11-25-22)15-26-12-9-24(10-13-26)14-18-4-1-2-5-19(18)16-29-24/h1-8,11,20,25,27H,9-10,12-17H2/t20-/m0/s1. The van der Waals surface area contributed by atoms with Crippen LogP contribution in [0.25, 0.3) is 10.9 Å². The molecule has 5 rings (SSSR count). The third-order valence-corrected chi connectivity index (χ3v) is 6.39. The Kier molecular flexibility index (Phi) is 5.04. The van der Waals surface area contributed by atoms with Gasteiger partial charge in [-0.15, -0.1) is 0 Å². The third kappa shape index (κ3) is 3.90. The summed E-state index contributed by atoms with van der Waals surface area (Å²) >= 11 is 0. The highest BCUT2D eigenvalue weighted by molar-refractivity contribution is 5.85. The number of nitrogens with one attached hydrogen (secondary N) is 1. The lowest BCUT2D eigenvalue weighted by atomic mass is 9.82. The molecule has 0 bridgehead atoms. The van der Waals surface area contributed by atoms with E-state index in [0.717, 1.165) is 55.6 Å². The van der Waals surface area contributed by atoms with Crippen molar-refractivity contribution in [2.75, 3.05) is 26.2 Å². The molecule has 1 saturated heterocycles. The van der Waals surface area contributed by atoms with E-state index in [1.54, 1.807) is 0 Å². The number of aromatic amines is 1. The summed E-state index contributed by atoms with van der Waals surface area (Å²) in [6.07, 6.45) is 4.42. The predicted octanol–water partition coefficient (Wildman–Crippen LogP) is 3.52. The minimum Gasteiger partial charge on any atom is -0.490 e. The Hall–Kier alpha value is -2.34. The fourth-order valence-corrected chi connectivity index (χ4v) is 4.68. The second-order valence-electron chi connectivity index (χ2n) is 8.38. The first kappa shape index (κ1) is 18.7. The van der Waals surface area contributed by atoms with Gasteiger partial charge in [0.15, 0.2) is 0 Å². The first-order chi connectivity index (χ1) is 14.2. The summed E-state index contributed by atoms with van der Waals surface area (Å²) in [4.78, 5) is 5.52. The summed E-state index contributed by atoms with van der Waals surface area (Å²) in [5.41, 5.74) is 3.77. The van der Waals surface area contributed by atoms with Crippen LogP contribution >= 0.6 is 0 Å². The van der Waals surface area contributed by atoms with Crippen LogP contribution in [0, 0.1) is 0 Å². The van der Waals surface area contributed by atoms with Crippen LogP contribution < -0.4 is 4.74 Å². The van der Waals surface area contributed by atoms with E-state index in [1.807, 2.05) is 30.5 Å². The molecule has 0 radical (unpaired) electrons. The van der Waals surface area contributed by atoms with Crippen LogP contribution in [0.5, 0.6) is 5.75 Å². The van der Waals surface area contributed by atoms with Gasteiger partial charge in [-0.2, -0.15) is 0 Å². The van der Waals surface area contributed by atoms with Crippen LogP contribution in [0.1, 0.15) is 24.0 Å². The van der Waals surface area contributed by atoms with E-state index in [1.165, 1.54) is 11.1 Å². The number of β-amino-alcohol motifs (C(OH)–C–C–N with tert-alkyl or cyclic N) is 1. The highest BCUT2D eigenvalue weighted by Gasteiger charge is 2.38. The maximum Gasteiger partial charge on any atom is 0.128 e. The molecule has 1 aromatic heterocycles. The van der Waals surface area contributed by atoms with E-state index in [4.69, 9.17) is 9.47 Å². The summed E-state index contributed by atoms with van der Waals surface area (Å²) in [7, 11) is 0. The van der Waals surface area contributed by atoms with Gasteiger partial charge in [-0.3, -0.25) is 0 Å². The normalized spacial score (nSPS) is 19.9.